The number of hydrogen-bond acceptors (Lipinski definition) is 4. The van der Waals surface area contributed by atoms with Crippen LogP contribution in [-0.4, -0.2) is 30.8 Å². The highest BCUT2D eigenvalue weighted by molar-refractivity contribution is 5.97. The zero-order valence-corrected chi connectivity index (χ0v) is 13.6. The molecule has 1 aliphatic carbocycles. The third kappa shape index (κ3) is 4.80. The van der Waals surface area contributed by atoms with Crippen LogP contribution in [0.4, 0.5) is 13.2 Å². The van der Waals surface area contributed by atoms with E-state index in [1.54, 1.807) is 0 Å². The van der Waals surface area contributed by atoms with E-state index in [1.807, 2.05) is 0 Å². The number of rotatable bonds is 4. The minimum atomic E-state index is -4.58. The van der Waals surface area contributed by atoms with Crippen LogP contribution in [0.5, 0.6) is 0 Å². The minimum Gasteiger partial charge on any atom is -0.467 e. The first-order valence-corrected chi connectivity index (χ1v) is 7.80. The molecule has 1 saturated carbocycles. The van der Waals surface area contributed by atoms with Crippen molar-refractivity contribution in [2.24, 2.45) is 5.92 Å². The number of ether oxygens (including phenoxy) is 1. The van der Waals surface area contributed by atoms with Crippen molar-refractivity contribution in [1.29, 1.82) is 0 Å². The maximum Gasteiger partial charge on any atom is 0.416 e. The predicted octanol–water partition coefficient (Wildman–Crippen LogP) is 2.74. The molecular formula is C17H18F3NO4. The van der Waals surface area contributed by atoms with Gasteiger partial charge in [-0.25, -0.2) is 4.79 Å². The Morgan fingerprint density at radius 3 is 2.64 bits per heavy atom. The number of ketones is 1. The first-order chi connectivity index (χ1) is 11.7. The van der Waals surface area contributed by atoms with Gasteiger partial charge in [-0.3, -0.25) is 9.59 Å². The van der Waals surface area contributed by atoms with E-state index >= 15 is 0 Å². The summed E-state index contributed by atoms with van der Waals surface area (Å²) in [6, 6.07) is 2.85. The van der Waals surface area contributed by atoms with Crippen LogP contribution >= 0.6 is 0 Å². The molecule has 0 aromatic heterocycles. The Kier molecular flexibility index (Phi) is 5.81. The van der Waals surface area contributed by atoms with Gasteiger partial charge in [-0.1, -0.05) is 6.07 Å². The molecular weight excluding hydrogens is 339 g/mol. The Balaban J connectivity index is 2.19. The van der Waals surface area contributed by atoms with E-state index in [-0.39, 0.29) is 17.8 Å². The van der Waals surface area contributed by atoms with E-state index in [1.165, 1.54) is 6.07 Å². The number of halogens is 3. The number of nitrogens with one attached hydrogen (secondary N) is 1. The van der Waals surface area contributed by atoms with Crippen molar-refractivity contribution in [1.82, 2.24) is 5.32 Å². The van der Waals surface area contributed by atoms with Crippen molar-refractivity contribution >= 4 is 17.7 Å². The second-order valence-corrected chi connectivity index (χ2v) is 5.95. The maximum absolute atomic E-state index is 12.8. The van der Waals surface area contributed by atoms with Crippen molar-refractivity contribution < 1.29 is 32.3 Å². The van der Waals surface area contributed by atoms with E-state index < -0.39 is 35.6 Å². The summed E-state index contributed by atoms with van der Waals surface area (Å²) < 4.78 is 43.0. The highest BCUT2D eigenvalue weighted by Gasteiger charge is 2.35. The molecule has 1 aromatic rings. The zero-order valence-electron chi connectivity index (χ0n) is 13.6. The highest BCUT2D eigenvalue weighted by Crippen LogP contribution is 2.30. The van der Waals surface area contributed by atoms with Crippen molar-refractivity contribution in [3.05, 3.63) is 35.4 Å². The third-order valence-electron chi connectivity index (χ3n) is 4.19. The van der Waals surface area contributed by atoms with Crippen LogP contribution in [0.25, 0.3) is 0 Å². The molecule has 5 nitrogen and oxygen atoms in total. The van der Waals surface area contributed by atoms with E-state index in [9.17, 15) is 27.6 Å². The Bertz CT molecular complexity index is 672. The summed E-state index contributed by atoms with van der Waals surface area (Å²) in [4.78, 5) is 35.9. The molecule has 2 rings (SSSR count). The van der Waals surface area contributed by atoms with Crippen molar-refractivity contribution in [3.63, 3.8) is 0 Å². The monoisotopic (exact) mass is 357 g/mol. The molecule has 0 heterocycles. The van der Waals surface area contributed by atoms with Crippen molar-refractivity contribution in [3.8, 4) is 0 Å². The van der Waals surface area contributed by atoms with Gasteiger partial charge in [0, 0.05) is 18.4 Å². The second-order valence-electron chi connectivity index (χ2n) is 5.95. The number of hydrogen-bond donors (Lipinski definition) is 1. The van der Waals surface area contributed by atoms with Crippen LogP contribution in [0.3, 0.4) is 0 Å². The summed E-state index contributed by atoms with van der Waals surface area (Å²) in [6.07, 6.45) is -2.88. The fourth-order valence-electron chi connectivity index (χ4n) is 2.90. The second kappa shape index (κ2) is 7.67. The Morgan fingerprint density at radius 2 is 2.04 bits per heavy atom. The standard InChI is InChI=1S/C17H18F3NO4/c1-25-16(24)14(10-4-3-7-13(22)9-10)21-15(23)11-5-2-6-12(8-11)17(18,19)20/h2,5-6,8,10,14H,3-4,7,9H2,1H3,(H,21,23)/t10-,14-/m0/s1. The number of esters is 1. The summed E-state index contributed by atoms with van der Waals surface area (Å²) in [7, 11) is 1.15. The number of alkyl halides is 3. The Labute approximate surface area is 142 Å². The maximum atomic E-state index is 12.8. The number of carbonyl (C=O) groups excluding carboxylic acids is 3. The smallest absolute Gasteiger partial charge is 0.416 e. The van der Waals surface area contributed by atoms with Gasteiger partial charge in [-0.05, 0) is 37.0 Å². The molecule has 1 aliphatic rings. The van der Waals surface area contributed by atoms with Crippen LogP contribution in [0.15, 0.2) is 24.3 Å². The lowest BCUT2D eigenvalue weighted by atomic mass is 9.83. The molecule has 1 aromatic carbocycles. The predicted molar refractivity (Wildman–Crippen MR) is 81.7 cm³/mol. The van der Waals surface area contributed by atoms with Gasteiger partial charge in [0.25, 0.3) is 5.91 Å². The van der Waals surface area contributed by atoms with Crippen LogP contribution in [-0.2, 0) is 20.5 Å². The number of amides is 1. The SMILES string of the molecule is COC(=O)[C@@H](NC(=O)c1cccc(C(F)(F)F)c1)[C@H]1CCCC(=O)C1. The van der Waals surface area contributed by atoms with Crippen molar-refractivity contribution in [2.75, 3.05) is 7.11 Å². The summed E-state index contributed by atoms with van der Waals surface area (Å²) in [5, 5.41) is 2.42. The molecule has 0 spiro atoms. The quantitative estimate of drug-likeness (QED) is 0.841. The molecule has 136 valence electrons. The molecule has 0 bridgehead atoms. The first kappa shape index (κ1) is 19.0. The lowest BCUT2D eigenvalue weighted by Crippen LogP contribution is -2.48. The molecule has 2 atom stereocenters. The summed E-state index contributed by atoms with van der Waals surface area (Å²) >= 11 is 0. The molecule has 8 heteroatoms. The van der Waals surface area contributed by atoms with Gasteiger partial charge in [-0.15, -0.1) is 0 Å². The largest absolute Gasteiger partial charge is 0.467 e. The lowest BCUT2D eigenvalue weighted by molar-refractivity contribution is -0.145. The summed E-state index contributed by atoms with van der Waals surface area (Å²) in [5.41, 5.74) is -1.17. The molecule has 0 radical (unpaired) electrons. The molecule has 25 heavy (non-hydrogen) atoms. The Hall–Kier alpha value is -2.38. The topological polar surface area (TPSA) is 72.5 Å². The first-order valence-electron chi connectivity index (χ1n) is 7.80. The van der Waals surface area contributed by atoms with Crippen LogP contribution < -0.4 is 5.32 Å². The van der Waals surface area contributed by atoms with E-state index in [0.717, 1.165) is 25.3 Å². The van der Waals surface area contributed by atoms with Gasteiger partial charge in [0.1, 0.15) is 11.8 Å². The normalized spacial score (nSPS) is 19.2. The minimum absolute atomic E-state index is 0.0153. The fourth-order valence-corrected chi connectivity index (χ4v) is 2.90. The van der Waals surface area contributed by atoms with Gasteiger partial charge in [0.05, 0.1) is 12.7 Å². The van der Waals surface area contributed by atoms with Crippen LogP contribution in [0.2, 0.25) is 0 Å². The van der Waals surface area contributed by atoms with Gasteiger partial charge >= 0.3 is 12.1 Å². The summed E-state index contributed by atoms with van der Waals surface area (Å²) in [5.74, 6) is -1.98. The molecule has 1 N–H and O–H groups in total. The Morgan fingerprint density at radius 1 is 1.32 bits per heavy atom. The number of methoxy groups -OCH3 is 1. The lowest BCUT2D eigenvalue weighted by Gasteiger charge is -2.28. The average Bonchev–Trinajstić information content (AvgIpc) is 2.58. The van der Waals surface area contributed by atoms with Gasteiger partial charge in [-0.2, -0.15) is 13.2 Å². The number of Topliss-reactive ketones (excluding diaryl/α,β-unsaturated/α-hetero) is 1. The zero-order chi connectivity index (χ0) is 18.6. The molecule has 1 amide bonds. The molecule has 0 unspecified atom stereocenters. The van der Waals surface area contributed by atoms with E-state index in [4.69, 9.17) is 0 Å². The molecule has 1 fully saturated rings. The van der Waals surface area contributed by atoms with Crippen molar-refractivity contribution in [2.45, 2.75) is 37.9 Å². The number of benzene rings is 1. The van der Waals surface area contributed by atoms with Crippen LogP contribution in [0.1, 0.15) is 41.6 Å². The average molecular weight is 357 g/mol. The van der Waals surface area contributed by atoms with Gasteiger partial charge in [0.15, 0.2) is 0 Å². The fraction of sp³-hybridized carbons (Fsp3) is 0.471. The third-order valence-corrected chi connectivity index (χ3v) is 4.19. The number of carbonyl (C=O) groups is 3. The molecule has 0 aliphatic heterocycles. The van der Waals surface area contributed by atoms with E-state index in [0.29, 0.717) is 19.3 Å². The van der Waals surface area contributed by atoms with Gasteiger partial charge in [0.2, 0.25) is 0 Å². The highest BCUT2D eigenvalue weighted by atomic mass is 19.4. The van der Waals surface area contributed by atoms with E-state index in [2.05, 4.69) is 10.1 Å². The van der Waals surface area contributed by atoms with Crippen LogP contribution in [0, 0.1) is 5.92 Å². The summed E-state index contributed by atoms with van der Waals surface area (Å²) in [6.45, 7) is 0. The molecule has 0 saturated heterocycles. The van der Waals surface area contributed by atoms with Gasteiger partial charge < -0.3 is 10.1 Å².